The van der Waals surface area contributed by atoms with Gasteiger partial charge in [-0.1, -0.05) is 30.9 Å². The van der Waals surface area contributed by atoms with E-state index in [4.69, 9.17) is 11.6 Å². The van der Waals surface area contributed by atoms with Crippen molar-refractivity contribution in [3.05, 3.63) is 23.2 Å². The maximum absolute atomic E-state index is 12.5. The lowest BCUT2D eigenvalue weighted by molar-refractivity contribution is -0.123. The molecule has 6 nitrogen and oxygen atoms in total. The summed E-state index contributed by atoms with van der Waals surface area (Å²) in [6.07, 6.45) is 4.40. The number of amides is 2. The van der Waals surface area contributed by atoms with Gasteiger partial charge in [0.05, 0.1) is 16.8 Å². The van der Waals surface area contributed by atoms with Gasteiger partial charge in [-0.2, -0.15) is 5.26 Å². The number of hydrogen-bond acceptors (Lipinski definition) is 4. The summed E-state index contributed by atoms with van der Waals surface area (Å²) in [5.41, 5.74) is 0.428. The van der Waals surface area contributed by atoms with Crippen LogP contribution in [0, 0.1) is 11.3 Å². The van der Waals surface area contributed by atoms with E-state index in [0.717, 1.165) is 19.3 Å². The molecular formula is C18H23ClN4O2. The molecule has 0 bridgehead atoms. The Balaban J connectivity index is 2.00. The van der Waals surface area contributed by atoms with E-state index < -0.39 is 11.6 Å². The van der Waals surface area contributed by atoms with Crippen molar-refractivity contribution in [2.75, 3.05) is 10.6 Å². The number of nitrogens with one attached hydrogen (secondary N) is 3. The summed E-state index contributed by atoms with van der Waals surface area (Å²) < 4.78 is 0. The molecular weight excluding hydrogens is 340 g/mol. The molecule has 0 radical (unpaired) electrons. The first-order valence-electron chi connectivity index (χ1n) is 8.42. The zero-order valence-electron chi connectivity index (χ0n) is 14.5. The first-order valence-corrected chi connectivity index (χ1v) is 8.80. The zero-order valence-corrected chi connectivity index (χ0v) is 15.2. The number of anilines is 2. The Morgan fingerprint density at radius 1 is 1.28 bits per heavy atom. The first kappa shape index (κ1) is 19.1. The first-order chi connectivity index (χ1) is 11.8. The van der Waals surface area contributed by atoms with E-state index in [1.54, 1.807) is 25.1 Å². The molecule has 0 aliphatic heterocycles. The maximum Gasteiger partial charge on any atom is 0.243 e. The fourth-order valence-corrected chi connectivity index (χ4v) is 3.20. The molecule has 0 aromatic heterocycles. The normalized spacial score (nSPS) is 17.0. The van der Waals surface area contributed by atoms with Gasteiger partial charge in [0.2, 0.25) is 11.8 Å². The average molecular weight is 363 g/mol. The summed E-state index contributed by atoms with van der Waals surface area (Å²) in [6.45, 7) is 3.14. The fourth-order valence-electron chi connectivity index (χ4n) is 2.98. The largest absolute Gasteiger partial charge is 0.374 e. The van der Waals surface area contributed by atoms with Crippen LogP contribution >= 0.6 is 11.6 Å². The van der Waals surface area contributed by atoms with Crippen LogP contribution in [-0.4, -0.2) is 23.4 Å². The standard InChI is InChI=1S/C18H23ClN4O2/c1-12(17(25)23-18(11-20)8-4-3-5-9-18)21-14-6-7-16(15(19)10-14)22-13(2)24/h6-7,10,12,21H,3-5,8-9H2,1-2H3,(H,22,24)(H,23,25)/t12-/m0/s1. The topological polar surface area (TPSA) is 94.0 Å². The van der Waals surface area contributed by atoms with Crippen molar-refractivity contribution in [2.45, 2.75) is 57.5 Å². The molecule has 1 aromatic rings. The van der Waals surface area contributed by atoms with Crippen LogP contribution < -0.4 is 16.0 Å². The van der Waals surface area contributed by atoms with Gasteiger partial charge in [-0.3, -0.25) is 9.59 Å². The molecule has 7 heteroatoms. The molecule has 2 amide bonds. The number of benzene rings is 1. The van der Waals surface area contributed by atoms with Crippen LogP contribution in [-0.2, 0) is 9.59 Å². The summed E-state index contributed by atoms with van der Waals surface area (Å²) >= 11 is 6.14. The molecule has 134 valence electrons. The Bertz CT molecular complexity index is 693. The third-order valence-corrected chi connectivity index (χ3v) is 4.65. The molecule has 1 fully saturated rings. The van der Waals surface area contributed by atoms with Crippen molar-refractivity contribution in [1.82, 2.24) is 5.32 Å². The van der Waals surface area contributed by atoms with Gasteiger partial charge in [0.15, 0.2) is 0 Å². The molecule has 0 saturated heterocycles. The highest BCUT2D eigenvalue weighted by atomic mass is 35.5. The van der Waals surface area contributed by atoms with E-state index in [1.165, 1.54) is 6.92 Å². The summed E-state index contributed by atoms with van der Waals surface area (Å²) in [5, 5.41) is 18.5. The number of hydrogen-bond donors (Lipinski definition) is 3. The monoisotopic (exact) mass is 362 g/mol. The summed E-state index contributed by atoms with van der Waals surface area (Å²) in [4.78, 5) is 23.6. The van der Waals surface area contributed by atoms with E-state index in [-0.39, 0.29) is 11.8 Å². The van der Waals surface area contributed by atoms with Gasteiger partial charge in [-0.05, 0) is 38.0 Å². The number of halogens is 1. The predicted octanol–water partition coefficient (Wildman–Crippen LogP) is 3.44. The van der Waals surface area contributed by atoms with E-state index in [2.05, 4.69) is 22.0 Å². The van der Waals surface area contributed by atoms with Gasteiger partial charge in [-0.15, -0.1) is 0 Å². The number of nitrogens with zero attached hydrogens (tertiary/aromatic N) is 1. The Morgan fingerprint density at radius 3 is 2.52 bits per heavy atom. The second-order valence-electron chi connectivity index (χ2n) is 6.49. The van der Waals surface area contributed by atoms with Crippen LogP contribution in [0.25, 0.3) is 0 Å². The van der Waals surface area contributed by atoms with Crippen molar-refractivity contribution >= 4 is 34.8 Å². The Hall–Kier alpha value is -2.26. The second-order valence-corrected chi connectivity index (χ2v) is 6.89. The van der Waals surface area contributed by atoms with Crippen molar-refractivity contribution in [3.63, 3.8) is 0 Å². The minimum atomic E-state index is -0.752. The molecule has 3 N–H and O–H groups in total. The number of carbonyl (C=O) groups excluding carboxylic acids is 2. The van der Waals surface area contributed by atoms with Crippen LogP contribution in [0.1, 0.15) is 46.0 Å². The maximum atomic E-state index is 12.5. The molecule has 1 aliphatic carbocycles. The zero-order chi connectivity index (χ0) is 18.4. The van der Waals surface area contributed by atoms with Gasteiger partial charge in [0.1, 0.15) is 11.6 Å². The highest BCUT2D eigenvalue weighted by Crippen LogP contribution is 2.28. The van der Waals surface area contributed by atoms with Gasteiger partial charge in [-0.25, -0.2) is 0 Å². The van der Waals surface area contributed by atoms with Crippen LogP contribution in [0.15, 0.2) is 18.2 Å². The quantitative estimate of drug-likeness (QED) is 0.747. The SMILES string of the molecule is CC(=O)Nc1ccc(N[C@@H](C)C(=O)NC2(C#N)CCCCC2)cc1Cl. The predicted molar refractivity (Wildman–Crippen MR) is 98.4 cm³/mol. The van der Waals surface area contributed by atoms with Crippen LogP contribution in [0.4, 0.5) is 11.4 Å². The van der Waals surface area contributed by atoms with Crippen molar-refractivity contribution in [3.8, 4) is 6.07 Å². The summed E-state index contributed by atoms with van der Waals surface area (Å²) in [6, 6.07) is 6.83. The number of carbonyl (C=O) groups is 2. The summed E-state index contributed by atoms with van der Waals surface area (Å²) in [5.74, 6) is -0.421. The lowest BCUT2D eigenvalue weighted by atomic mass is 9.82. The Morgan fingerprint density at radius 2 is 1.96 bits per heavy atom. The molecule has 0 unspecified atom stereocenters. The lowest BCUT2D eigenvalue weighted by Gasteiger charge is -2.32. The molecule has 1 saturated carbocycles. The molecule has 1 atom stereocenters. The highest BCUT2D eigenvalue weighted by molar-refractivity contribution is 6.34. The van der Waals surface area contributed by atoms with Gasteiger partial charge < -0.3 is 16.0 Å². The van der Waals surface area contributed by atoms with Crippen molar-refractivity contribution in [1.29, 1.82) is 5.26 Å². The minimum absolute atomic E-state index is 0.204. The molecule has 0 spiro atoms. The third-order valence-electron chi connectivity index (χ3n) is 4.34. The molecule has 1 aromatic carbocycles. The average Bonchev–Trinajstić information content (AvgIpc) is 2.57. The molecule has 1 aliphatic rings. The van der Waals surface area contributed by atoms with Crippen LogP contribution in [0.5, 0.6) is 0 Å². The Kier molecular flexibility index (Phi) is 6.27. The number of nitriles is 1. The van der Waals surface area contributed by atoms with Gasteiger partial charge in [0, 0.05) is 12.6 Å². The summed E-state index contributed by atoms with van der Waals surface area (Å²) in [7, 11) is 0. The third kappa shape index (κ3) is 5.10. The minimum Gasteiger partial charge on any atom is -0.374 e. The lowest BCUT2D eigenvalue weighted by Crippen LogP contribution is -2.52. The molecule has 2 rings (SSSR count). The van der Waals surface area contributed by atoms with E-state index in [9.17, 15) is 14.9 Å². The molecule has 0 heterocycles. The smallest absolute Gasteiger partial charge is 0.243 e. The van der Waals surface area contributed by atoms with E-state index >= 15 is 0 Å². The van der Waals surface area contributed by atoms with E-state index in [0.29, 0.717) is 29.2 Å². The van der Waals surface area contributed by atoms with Gasteiger partial charge in [0.25, 0.3) is 0 Å². The van der Waals surface area contributed by atoms with Crippen LogP contribution in [0.3, 0.4) is 0 Å². The van der Waals surface area contributed by atoms with E-state index in [1.807, 2.05) is 0 Å². The second kappa shape index (κ2) is 8.21. The fraction of sp³-hybridized carbons (Fsp3) is 0.500. The highest BCUT2D eigenvalue weighted by Gasteiger charge is 2.34. The number of rotatable bonds is 5. The van der Waals surface area contributed by atoms with Gasteiger partial charge >= 0.3 is 0 Å². The molecule has 25 heavy (non-hydrogen) atoms. The van der Waals surface area contributed by atoms with Crippen LogP contribution in [0.2, 0.25) is 5.02 Å². The Labute approximate surface area is 152 Å². The van der Waals surface area contributed by atoms with Crippen molar-refractivity contribution in [2.24, 2.45) is 0 Å². The van der Waals surface area contributed by atoms with Crippen molar-refractivity contribution < 1.29 is 9.59 Å².